The summed E-state index contributed by atoms with van der Waals surface area (Å²) in [6.45, 7) is 4.47. The Labute approximate surface area is 89.8 Å². The van der Waals surface area contributed by atoms with Gasteiger partial charge < -0.3 is 22.1 Å². The summed E-state index contributed by atoms with van der Waals surface area (Å²) in [7, 11) is 0. The van der Waals surface area contributed by atoms with Gasteiger partial charge in [-0.15, -0.1) is 0 Å². The number of rotatable bonds is 8. The highest BCUT2D eigenvalue weighted by molar-refractivity contribution is 5.08. The van der Waals surface area contributed by atoms with Crippen molar-refractivity contribution in [3.8, 4) is 0 Å². The van der Waals surface area contributed by atoms with Crippen LogP contribution in [0.5, 0.6) is 0 Å². The van der Waals surface area contributed by atoms with Crippen molar-refractivity contribution in [1.29, 1.82) is 0 Å². The molecule has 0 radical (unpaired) electrons. The quantitative estimate of drug-likeness (QED) is 0.338. The maximum absolute atomic E-state index is 5.37. The fourth-order valence-corrected chi connectivity index (χ4v) is 1.23. The molecule has 1 heterocycles. The summed E-state index contributed by atoms with van der Waals surface area (Å²) in [4.78, 5) is 0. The molecule has 0 aliphatic rings. The van der Waals surface area contributed by atoms with Gasteiger partial charge in [-0.05, 0) is 6.07 Å². The Morgan fingerprint density at radius 2 is 1.80 bits per heavy atom. The fraction of sp³-hybridized carbons (Fsp3) is 0.667. The van der Waals surface area contributed by atoms with Gasteiger partial charge in [-0.1, -0.05) is 0 Å². The third-order valence-corrected chi connectivity index (χ3v) is 1.95. The molecule has 86 valence electrons. The fourth-order valence-electron chi connectivity index (χ4n) is 1.23. The molecule has 0 unspecified atom stereocenters. The molecule has 0 spiro atoms. The van der Waals surface area contributed by atoms with Crippen LogP contribution in [0.2, 0.25) is 0 Å². The lowest BCUT2D eigenvalue weighted by molar-refractivity contribution is 0.676. The minimum absolute atomic E-state index is 0.648. The lowest BCUT2D eigenvalue weighted by Gasteiger charge is -1.98. The van der Waals surface area contributed by atoms with Gasteiger partial charge >= 0.3 is 0 Å². The molecule has 6 nitrogen and oxygen atoms in total. The summed E-state index contributed by atoms with van der Waals surface area (Å²) in [6.07, 6.45) is 0. The standard InChI is InChI=1S/C9H20N6/c10-1-3-12-6-8-5-9(15-14-8)7-13-4-2-11/h5,12-13H,1-4,6-7,10-11H2,(H,14,15). The molecule has 0 saturated heterocycles. The molecule has 0 atom stereocenters. The van der Waals surface area contributed by atoms with Gasteiger partial charge in [0.05, 0.1) is 5.69 Å². The van der Waals surface area contributed by atoms with Crippen LogP contribution < -0.4 is 22.1 Å². The molecule has 1 aromatic rings. The van der Waals surface area contributed by atoms with Crippen molar-refractivity contribution >= 4 is 0 Å². The van der Waals surface area contributed by atoms with Crippen LogP contribution >= 0.6 is 0 Å². The second kappa shape index (κ2) is 7.36. The van der Waals surface area contributed by atoms with E-state index in [2.05, 4.69) is 20.8 Å². The first-order valence-electron chi connectivity index (χ1n) is 5.21. The first-order valence-corrected chi connectivity index (χ1v) is 5.21. The summed E-state index contributed by atoms with van der Waals surface area (Å²) in [5.41, 5.74) is 12.8. The number of hydrogen-bond acceptors (Lipinski definition) is 5. The Bertz CT molecular complexity index is 234. The van der Waals surface area contributed by atoms with Gasteiger partial charge in [0.2, 0.25) is 0 Å². The molecule has 1 rings (SSSR count). The van der Waals surface area contributed by atoms with Crippen molar-refractivity contribution in [3.05, 3.63) is 17.5 Å². The summed E-state index contributed by atoms with van der Waals surface area (Å²) >= 11 is 0. The molecule has 0 bridgehead atoms. The van der Waals surface area contributed by atoms with Crippen LogP contribution in [0, 0.1) is 0 Å². The third-order valence-electron chi connectivity index (χ3n) is 1.95. The maximum atomic E-state index is 5.37. The maximum Gasteiger partial charge on any atom is 0.0763 e. The molecule has 0 aromatic carbocycles. The zero-order valence-corrected chi connectivity index (χ0v) is 8.92. The van der Waals surface area contributed by atoms with Crippen LogP contribution in [0.3, 0.4) is 0 Å². The van der Waals surface area contributed by atoms with Crippen molar-refractivity contribution in [2.45, 2.75) is 13.1 Å². The minimum Gasteiger partial charge on any atom is -0.329 e. The van der Waals surface area contributed by atoms with Crippen LogP contribution in [0.25, 0.3) is 0 Å². The van der Waals surface area contributed by atoms with Crippen LogP contribution in [0.4, 0.5) is 0 Å². The highest BCUT2D eigenvalue weighted by atomic mass is 15.1. The lowest BCUT2D eigenvalue weighted by atomic mass is 10.3. The highest BCUT2D eigenvalue weighted by Crippen LogP contribution is 1.98. The Balaban J connectivity index is 2.23. The van der Waals surface area contributed by atoms with Crippen molar-refractivity contribution in [2.24, 2.45) is 11.5 Å². The lowest BCUT2D eigenvalue weighted by Crippen LogP contribution is -2.22. The minimum atomic E-state index is 0.648. The van der Waals surface area contributed by atoms with Gasteiger partial charge in [-0.25, -0.2) is 0 Å². The molecular weight excluding hydrogens is 192 g/mol. The summed E-state index contributed by atoms with van der Waals surface area (Å²) in [5.74, 6) is 0. The number of H-pyrrole nitrogens is 1. The first kappa shape index (κ1) is 12.1. The van der Waals surface area contributed by atoms with E-state index in [4.69, 9.17) is 11.5 Å². The molecule has 1 aromatic heterocycles. The first-order chi connectivity index (χ1) is 7.36. The van der Waals surface area contributed by atoms with E-state index in [1.807, 2.05) is 6.07 Å². The summed E-state index contributed by atoms with van der Waals surface area (Å²) in [6, 6.07) is 2.03. The van der Waals surface area contributed by atoms with Gasteiger partial charge in [0.25, 0.3) is 0 Å². The van der Waals surface area contributed by atoms with Gasteiger partial charge in [-0.2, -0.15) is 5.10 Å². The SMILES string of the molecule is NCCNCc1cc(CNCCN)[nH]n1. The molecule has 0 amide bonds. The van der Waals surface area contributed by atoms with Crippen molar-refractivity contribution in [1.82, 2.24) is 20.8 Å². The Morgan fingerprint density at radius 3 is 2.47 bits per heavy atom. The van der Waals surface area contributed by atoms with Gasteiger partial charge in [0.15, 0.2) is 0 Å². The normalized spacial score (nSPS) is 10.8. The largest absolute Gasteiger partial charge is 0.329 e. The molecule has 0 saturated carbocycles. The van der Waals surface area contributed by atoms with Gasteiger partial charge in [0, 0.05) is 45.0 Å². The Hall–Kier alpha value is -0.950. The van der Waals surface area contributed by atoms with Crippen molar-refractivity contribution < 1.29 is 0 Å². The smallest absolute Gasteiger partial charge is 0.0763 e. The van der Waals surface area contributed by atoms with E-state index in [-0.39, 0.29) is 0 Å². The molecule has 7 N–H and O–H groups in total. The number of nitrogens with zero attached hydrogens (tertiary/aromatic N) is 1. The van der Waals surface area contributed by atoms with E-state index in [0.717, 1.165) is 37.6 Å². The van der Waals surface area contributed by atoms with Crippen LogP contribution in [-0.2, 0) is 13.1 Å². The van der Waals surface area contributed by atoms with E-state index in [1.165, 1.54) is 0 Å². The van der Waals surface area contributed by atoms with Crippen LogP contribution in [-0.4, -0.2) is 36.4 Å². The predicted molar refractivity (Wildman–Crippen MR) is 60.1 cm³/mol. The van der Waals surface area contributed by atoms with Crippen LogP contribution in [0.1, 0.15) is 11.4 Å². The summed E-state index contributed by atoms with van der Waals surface area (Å²) in [5, 5.41) is 13.5. The predicted octanol–water partition coefficient (Wildman–Crippen LogP) is -1.49. The zero-order valence-electron chi connectivity index (χ0n) is 8.92. The van der Waals surface area contributed by atoms with Crippen molar-refractivity contribution in [3.63, 3.8) is 0 Å². The average molecular weight is 212 g/mol. The highest BCUT2D eigenvalue weighted by Gasteiger charge is 1.99. The number of nitrogens with one attached hydrogen (secondary N) is 3. The Morgan fingerprint density at radius 1 is 1.13 bits per heavy atom. The zero-order chi connectivity index (χ0) is 10.9. The second-order valence-electron chi connectivity index (χ2n) is 3.32. The molecular formula is C9H20N6. The number of nitrogens with two attached hydrogens (primary N) is 2. The molecule has 0 fully saturated rings. The Kier molecular flexibility index (Phi) is 5.94. The average Bonchev–Trinajstić information content (AvgIpc) is 2.67. The van der Waals surface area contributed by atoms with Crippen molar-refractivity contribution in [2.75, 3.05) is 26.2 Å². The van der Waals surface area contributed by atoms with Gasteiger partial charge in [0.1, 0.15) is 0 Å². The topological polar surface area (TPSA) is 105 Å². The summed E-state index contributed by atoms with van der Waals surface area (Å²) < 4.78 is 0. The number of aromatic nitrogens is 2. The van der Waals surface area contributed by atoms with Crippen LogP contribution in [0.15, 0.2) is 6.07 Å². The van der Waals surface area contributed by atoms with E-state index < -0.39 is 0 Å². The number of aromatic amines is 1. The van der Waals surface area contributed by atoms with E-state index in [0.29, 0.717) is 13.1 Å². The molecule has 6 heteroatoms. The monoisotopic (exact) mass is 212 g/mol. The van der Waals surface area contributed by atoms with E-state index >= 15 is 0 Å². The van der Waals surface area contributed by atoms with Gasteiger partial charge in [-0.3, -0.25) is 5.10 Å². The molecule has 0 aliphatic carbocycles. The molecule has 15 heavy (non-hydrogen) atoms. The van der Waals surface area contributed by atoms with E-state index in [9.17, 15) is 0 Å². The number of hydrogen-bond donors (Lipinski definition) is 5. The van der Waals surface area contributed by atoms with E-state index in [1.54, 1.807) is 0 Å². The second-order valence-corrected chi connectivity index (χ2v) is 3.32. The third kappa shape index (κ3) is 4.89. The molecule has 0 aliphatic heterocycles.